The van der Waals surface area contributed by atoms with Crippen molar-refractivity contribution >= 4 is 29.0 Å². The average molecular weight is 417 g/mol. The highest BCUT2D eigenvalue weighted by Gasteiger charge is 2.20. The summed E-state index contributed by atoms with van der Waals surface area (Å²) in [5, 5.41) is 12.5. The summed E-state index contributed by atoms with van der Waals surface area (Å²) in [4.78, 5) is 33.6. The van der Waals surface area contributed by atoms with Crippen molar-refractivity contribution in [2.75, 3.05) is 20.2 Å². The number of aryl methyl sites for hydroxylation is 1. The molecule has 0 aliphatic carbocycles. The molecule has 0 radical (unpaired) electrons. The summed E-state index contributed by atoms with van der Waals surface area (Å²) >= 11 is 0. The minimum atomic E-state index is -0.260. The van der Waals surface area contributed by atoms with Crippen LogP contribution in [0.4, 0.5) is 0 Å². The van der Waals surface area contributed by atoms with Gasteiger partial charge in [0.2, 0.25) is 5.56 Å². The minimum absolute atomic E-state index is 0.213. The second-order valence-corrected chi connectivity index (χ2v) is 7.31. The highest BCUT2D eigenvalue weighted by atomic mass is 16.5. The van der Waals surface area contributed by atoms with Crippen molar-refractivity contribution in [3.63, 3.8) is 0 Å². The first-order valence-electron chi connectivity index (χ1n) is 9.67. The van der Waals surface area contributed by atoms with Crippen LogP contribution < -0.4 is 10.3 Å². The third-order valence-corrected chi connectivity index (χ3v) is 5.15. The van der Waals surface area contributed by atoms with E-state index in [1.165, 1.54) is 12.3 Å². The van der Waals surface area contributed by atoms with Crippen LogP contribution in [0.3, 0.4) is 0 Å². The van der Waals surface area contributed by atoms with E-state index in [1.54, 1.807) is 36.1 Å². The van der Waals surface area contributed by atoms with E-state index in [0.29, 0.717) is 40.5 Å². The molecule has 1 amide bonds. The number of rotatable bonds is 0. The summed E-state index contributed by atoms with van der Waals surface area (Å²) in [5.74, 6) is 0.260. The third-order valence-electron chi connectivity index (χ3n) is 5.15. The molecule has 0 atom stereocenters. The molecular formula is C21H19N7O3. The van der Waals surface area contributed by atoms with Gasteiger partial charge in [-0.25, -0.2) is 0 Å². The van der Waals surface area contributed by atoms with Crippen LogP contribution in [0.2, 0.25) is 0 Å². The van der Waals surface area contributed by atoms with Gasteiger partial charge in [0.05, 0.1) is 29.6 Å². The lowest BCUT2D eigenvalue weighted by Crippen LogP contribution is -2.31. The zero-order valence-corrected chi connectivity index (χ0v) is 16.9. The van der Waals surface area contributed by atoms with Crippen LogP contribution in [0.15, 0.2) is 35.5 Å². The molecule has 156 valence electrons. The van der Waals surface area contributed by atoms with Gasteiger partial charge in [-0.15, -0.1) is 0 Å². The molecule has 1 aliphatic rings. The molecule has 0 fully saturated rings. The predicted molar refractivity (Wildman–Crippen MR) is 115 cm³/mol. The molecule has 5 heterocycles. The molecule has 0 saturated heterocycles. The van der Waals surface area contributed by atoms with Gasteiger partial charge in [-0.2, -0.15) is 10.2 Å². The Morgan fingerprint density at radius 3 is 2.90 bits per heavy atom. The first-order chi connectivity index (χ1) is 15.0. The number of amides is 1. The van der Waals surface area contributed by atoms with Gasteiger partial charge in [-0.3, -0.25) is 24.4 Å². The fourth-order valence-corrected chi connectivity index (χ4v) is 3.53. The molecule has 1 aliphatic heterocycles. The molecule has 31 heavy (non-hydrogen) atoms. The molecule has 0 unspecified atom stereocenters. The highest BCUT2D eigenvalue weighted by molar-refractivity contribution is 5.98. The number of aromatic nitrogens is 6. The van der Waals surface area contributed by atoms with E-state index in [4.69, 9.17) is 4.74 Å². The number of nitrogens with one attached hydrogen (secondary N) is 2. The number of H-pyrrole nitrogens is 2. The van der Waals surface area contributed by atoms with Gasteiger partial charge in [0.15, 0.2) is 5.69 Å². The number of carbonyl (C=O) groups is 1. The Bertz CT molecular complexity index is 1400. The Labute approximate surface area is 176 Å². The number of nitrogens with zero attached hydrogens (tertiary/aromatic N) is 5. The number of fused-ring (bicyclic) bond motifs is 4. The molecule has 5 rings (SSSR count). The molecule has 2 bridgehead atoms. The molecule has 10 nitrogen and oxygen atoms in total. The fraction of sp³-hybridized carbons (Fsp3) is 0.190. The maximum absolute atomic E-state index is 13.0. The standard InChI is InChI=1S/C21H19N7O3/c1-27-5-6-31-18-10-23-19(29)8-14(18)16-7-13-15(24-25-17(13)9-22-16)4-3-12-11-28(2)26-20(12)21(27)30/h3-4,7-11H,5-6H2,1-2H3,(H,23,29)(H,24,25)/b4-3+. The lowest BCUT2D eigenvalue weighted by atomic mass is 10.1. The smallest absolute Gasteiger partial charge is 0.274 e. The molecule has 0 aromatic carbocycles. The molecular weight excluding hydrogens is 398 g/mol. The number of aromatic amines is 2. The molecule has 10 heteroatoms. The van der Waals surface area contributed by atoms with Crippen LogP contribution in [0, 0.1) is 0 Å². The number of hydrogen-bond donors (Lipinski definition) is 2. The van der Waals surface area contributed by atoms with Crippen molar-refractivity contribution in [2.45, 2.75) is 0 Å². The summed E-state index contributed by atoms with van der Waals surface area (Å²) in [7, 11) is 3.47. The molecule has 2 N–H and O–H groups in total. The van der Waals surface area contributed by atoms with Crippen molar-refractivity contribution in [3.05, 3.63) is 58.0 Å². The third kappa shape index (κ3) is 3.37. The van der Waals surface area contributed by atoms with Crippen LogP contribution in [-0.2, 0) is 7.05 Å². The highest BCUT2D eigenvalue weighted by Crippen LogP contribution is 2.30. The van der Waals surface area contributed by atoms with Crippen LogP contribution in [0.25, 0.3) is 34.3 Å². The lowest BCUT2D eigenvalue weighted by Gasteiger charge is -2.17. The topological polar surface area (TPSA) is 122 Å². The molecule has 0 spiro atoms. The summed E-state index contributed by atoms with van der Waals surface area (Å²) in [5.41, 5.74) is 3.36. The van der Waals surface area contributed by atoms with Gasteiger partial charge in [-0.1, -0.05) is 0 Å². The van der Waals surface area contributed by atoms with E-state index < -0.39 is 0 Å². The average Bonchev–Trinajstić information content (AvgIpc) is 3.34. The Balaban J connectivity index is 1.70. The summed E-state index contributed by atoms with van der Waals surface area (Å²) in [6.07, 6.45) is 8.61. The second kappa shape index (κ2) is 7.24. The van der Waals surface area contributed by atoms with E-state index in [2.05, 4.69) is 25.3 Å². The second-order valence-electron chi connectivity index (χ2n) is 7.31. The van der Waals surface area contributed by atoms with Gasteiger partial charge in [-0.05, 0) is 18.2 Å². The SMILES string of the molecule is CN1CCOc2c[nH]c(=O)cc2-c2cc3c(n[nH]c3cn2)/C=C/c2cn(C)nc2C1=O. The van der Waals surface area contributed by atoms with Crippen molar-refractivity contribution in [1.82, 2.24) is 34.8 Å². The van der Waals surface area contributed by atoms with Gasteiger partial charge >= 0.3 is 0 Å². The number of hydrogen-bond acceptors (Lipinski definition) is 6. The van der Waals surface area contributed by atoms with E-state index >= 15 is 0 Å². The summed E-state index contributed by atoms with van der Waals surface area (Å²) in [6.45, 7) is 0.573. The Hall–Kier alpha value is -4.21. The maximum Gasteiger partial charge on any atom is 0.274 e. The van der Waals surface area contributed by atoms with Gasteiger partial charge < -0.3 is 14.6 Å². The normalized spacial score (nSPS) is 15.2. The van der Waals surface area contributed by atoms with Crippen LogP contribution in [0.1, 0.15) is 21.7 Å². The number of likely N-dealkylation sites (N-methyl/N-ethyl adjacent to an activating group) is 1. The van der Waals surface area contributed by atoms with Crippen LogP contribution >= 0.6 is 0 Å². The zero-order valence-electron chi connectivity index (χ0n) is 16.9. The Morgan fingerprint density at radius 2 is 2.03 bits per heavy atom. The van der Waals surface area contributed by atoms with E-state index in [1.807, 2.05) is 18.2 Å². The zero-order chi connectivity index (χ0) is 21.5. The molecule has 4 aromatic rings. The lowest BCUT2D eigenvalue weighted by molar-refractivity contribution is 0.0767. The van der Waals surface area contributed by atoms with Crippen LogP contribution in [0.5, 0.6) is 5.75 Å². The van der Waals surface area contributed by atoms with E-state index in [9.17, 15) is 9.59 Å². The molecule has 4 aromatic heterocycles. The largest absolute Gasteiger partial charge is 0.489 e. The van der Waals surface area contributed by atoms with Crippen molar-refractivity contribution < 1.29 is 9.53 Å². The number of ether oxygens (including phenoxy) is 1. The monoisotopic (exact) mass is 417 g/mol. The minimum Gasteiger partial charge on any atom is -0.489 e. The molecule has 0 saturated carbocycles. The van der Waals surface area contributed by atoms with Gasteiger partial charge in [0, 0.05) is 49.1 Å². The van der Waals surface area contributed by atoms with Gasteiger partial charge in [0.1, 0.15) is 12.4 Å². The first-order valence-corrected chi connectivity index (χ1v) is 9.67. The number of pyridine rings is 2. The maximum atomic E-state index is 13.0. The summed E-state index contributed by atoms with van der Waals surface area (Å²) in [6, 6.07) is 3.31. The van der Waals surface area contributed by atoms with Crippen LogP contribution in [-0.4, -0.2) is 61.0 Å². The quantitative estimate of drug-likeness (QED) is 0.449. The first kappa shape index (κ1) is 18.8. The van der Waals surface area contributed by atoms with E-state index in [0.717, 1.165) is 10.9 Å². The van der Waals surface area contributed by atoms with Crippen molar-refractivity contribution in [2.24, 2.45) is 7.05 Å². The Morgan fingerprint density at radius 1 is 1.16 bits per heavy atom. The van der Waals surface area contributed by atoms with E-state index in [-0.39, 0.29) is 18.1 Å². The summed E-state index contributed by atoms with van der Waals surface area (Å²) < 4.78 is 7.52. The Kier molecular flexibility index (Phi) is 4.39. The van der Waals surface area contributed by atoms with Gasteiger partial charge in [0.25, 0.3) is 5.91 Å². The number of carbonyl (C=O) groups excluding carboxylic acids is 1. The van der Waals surface area contributed by atoms with Crippen molar-refractivity contribution in [3.8, 4) is 17.0 Å². The predicted octanol–water partition coefficient (Wildman–Crippen LogP) is 1.68. The fourth-order valence-electron chi connectivity index (χ4n) is 3.53. The van der Waals surface area contributed by atoms with Crippen molar-refractivity contribution in [1.29, 1.82) is 0 Å².